The molecule has 1 N–H and O–H groups in total. The number of hydrogen-bond donors (Lipinski definition) is 1. The zero-order valence-electron chi connectivity index (χ0n) is 9.19. The Bertz CT molecular complexity index is 615. The summed E-state index contributed by atoms with van der Waals surface area (Å²) in [5.41, 5.74) is 1.35. The molecule has 0 aromatic carbocycles. The summed E-state index contributed by atoms with van der Waals surface area (Å²) in [7, 11) is 0. The molecule has 82 valence electrons. The van der Waals surface area contributed by atoms with Gasteiger partial charge in [0.05, 0.1) is 0 Å². The summed E-state index contributed by atoms with van der Waals surface area (Å²) in [6.07, 6.45) is 2.23. The molecular formula is C11H12N4O. The van der Waals surface area contributed by atoms with Crippen LogP contribution in [0.2, 0.25) is 0 Å². The van der Waals surface area contributed by atoms with Crippen molar-refractivity contribution in [2.24, 2.45) is 5.92 Å². The molecule has 0 spiro atoms. The van der Waals surface area contributed by atoms with Crippen molar-refractivity contribution in [1.82, 2.24) is 14.6 Å². The Morgan fingerprint density at radius 3 is 3.00 bits per heavy atom. The van der Waals surface area contributed by atoms with E-state index in [-0.39, 0.29) is 5.56 Å². The Morgan fingerprint density at radius 1 is 1.62 bits per heavy atom. The van der Waals surface area contributed by atoms with Crippen molar-refractivity contribution in [1.29, 1.82) is 5.26 Å². The molecule has 2 aromatic heterocycles. The SMILES string of the molecule is CC(C)Cc1cc(=O)n2[nH]cc(C#N)c2n1. The molecule has 0 aliphatic heterocycles. The van der Waals surface area contributed by atoms with Gasteiger partial charge in [-0.15, -0.1) is 0 Å². The van der Waals surface area contributed by atoms with Gasteiger partial charge in [-0.3, -0.25) is 9.89 Å². The fourth-order valence-electron chi connectivity index (χ4n) is 1.63. The van der Waals surface area contributed by atoms with Gasteiger partial charge in [0, 0.05) is 18.0 Å². The van der Waals surface area contributed by atoms with E-state index in [1.165, 1.54) is 16.8 Å². The molecule has 2 aromatic rings. The fraction of sp³-hybridized carbons (Fsp3) is 0.364. The molecule has 0 unspecified atom stereocenters. The number of fused-ring (bicyclic) bond motifs is 1. The van der Waals surface area contributed by atoms with Crippen molar-refractivity contribution in [3.8, 4) is 6.07 Å². The van der Waals surface area contributed by atoms with E-state index in [0.717, 1.165) is 12.1 Å². The molecular weight excluding hydrogens is 204 g/mol. The molecule has 0 saturated carbocycles. The molecule has 2 heterocycles. The van der Waals surface area contributed by atoms with Crippen LogP contribution in [0.3, 0.4) is 0 Å². The van der Waals surface area contributed by atoms with Gasteiger partial charge < -0.3 is 0 Å². The van der Waals surface area contributed by atoms with Crippen molar-refractivity contribution in [2.75, 3.05) is 0 Å². The highest BCUT2D eigenvalue weighted by atomic mass is 16.1. The van der Waals surface area contributed by atoms with Crippen molar-refractivity contribution in [3.05, 3.63) is 33.9 Å². The highest BCUT2D eigenvalue weighted by Gasteiger charge is 2.09. The normalized spacial score (nSPS) is 10.9. The van der Waals surface area contributed by atoms with Gasteiger partial charge in [0.2, 0.25) is 0 Å². The highest BCUT2D eigenvalue weighted by molar-refractivity contribution is 5.53. The monoisotopic (exact) mass is 216 g/mol. The Labute approximate surface area is 92.3 Å². The molecule has 0 fully saturated rings. The summed E-state index contributed by atoms with van der Waals surface area (Å²) in [4.78, 5) is 16.0. The van der Waals surface area contributed by atoms with Crippen molar-refractivity contribution < 1.29 is 0 Å². The van der Waals surface area contributed by atoms with E-state index >= 15 is 0 Å². The Kier molecular flexibility index (Phi) is 2.49. The minimum absolute atomic E-state index is 0.179. The largest absolute Gasteiger partial charge is 0.295 e. The van der Waals surface area contributed by atoms with Gasteiger partial charge in [-0.25, -0.2) is 9.50 Å². The molecule has 0 radical (unpaired) electrons. The Hall–Kier alpha value is -2.09. The summed E-state index contributed by atoms with van der Waals surface area (Å²) in [6.45, 7) is 4.12. The second kappa shape index (κ2) is 3.81. The number of nitrogens with one attached hydrogen (secondary N) is 1. The second-order valence-corrected chi connectivity index (χ2v) is 4.14. The predicted octanol–water partition coefficient (Wildman–Crippen LogP) is 1.09. The average Bonchev–Trinajstić information content (AvgIpc) is 2.60. The maximum absolute atomic E-state index is 11.7. The highest BCUT2D eigenvalue weighted by Crippen LogP contribution is 2.08. The zero-order chi connectivity index (χ0) is 11.7. The fourth-order valence-corrected chi connectivity index (χ4v) is 1.63. The van der Waals surface area contributed by atoms with Crippen LogP contribution in [0.25, 0.3) is 5.65 Å². The van der Waals surface area contributed by atoms with E-state index < -0.39 is 0 Å². The lowest BCUT2D eigenvalue weighted by Gasteiger charge is -2.03. The summed E-state index contributed by atoms with van der Waals surface area (Å²) >= 11 is 0. The third kappa shape index (κ3) is 1.70. The second-order valence-electron chi connectivity index (χ2n) is 4.14. The first-order valence-corrected chi connectivity index (χ1v) is 5.12. The van der Waals surface area contributed by atoms with E-state index in [2.05, 4.69) is 23.9 Å². The van der Waals surface area contributed by atoms with Gasteiger partial charge in [-0.1, -0.05) is 13.8 Å². The van der Waals surface area contributed by atoms with Crippen LogP contribution in [0, 0.1) is 17.2 Å². The van der Waals surface area contributed by atoms with Gasteiger partial charge in [-0.05, 0) is 12.3 Å². The molecule has 2 rings (SSSR count). The molecule has 0 saturated heterocycles. The average molecular weight is 216 g/mol. The quantitative estimate of drug-likeness (QED) is 0.816. The third-order valence-corrected chi connectivity index (χ3v) is 2.29. The number of rotatable bonds is 2. The van der Waals surface area contributed by atoms with Crippen LogP contribution in [0.5, 0.6) is 0 Å². The first-order valence-electron chi connectivity index (χ1n) is 5.12. The van der Waals surface area contributed by atoms with E-state index in [0.29, 0.717) is 17.1 Å². The summed E-state index contributed by atoms with van der Waals surface area (Å²) < 4.78 is 1.28. The lowest BCUT2D eigenvalue weighted by atomic mass is 10.1. The van der Waals surface area contributed by atoms with Crippen LogP contribution in [0.15, 0.2) is 17.1 Å². The first kappa shape index (κ1) is 10.4. The molecule has 0 bridgehead atoms. The van der Waals surface area contributed by atoms with Crippen molar-refractivity contribution in [2.45, 2.75) is 20.3 Å². The van der Waals surface area contributed by atoms with E-state index in [1.807, 2.05) is 6.07 Å². The molecule has 5 nitrogen and oxygen atoms in total. The number of H-pyrrole nitrogens is 1. The smallest absolute Gasteiger partial charge is 0.272 e. The minimum atomic E-state index is -0.179. The number of aromatic nitrogens is 3. The Balaban J connectivity index is 2.65. The van der Waals surface area contributed by atoms with Crippen LogP contribution in [0.1, 0.15) is 25.1 Å². The lowest BCUT2D eigenvalue weighted by Crippen LogP contribution is -2.16. The lowest BCUT2D eigenvalue weighted by molar-refractivity contribution is 0.633. The van der Waals surface area contributed by atoms with Crippen molar-refractivity contribution >= 4 is 5.65 Å². The van der Waals surface area contributed by atoms with Crippen LogP contribution in [-0.2, 0) is 6.42 Å². The molecule has 0 aliphatic carbocycles. The standard InChI is InChI=1S/C11H12N4O/c1-7(2)3-9-4-10(16)15-11(14-9)8(5-12)6-13-15/h4,6-7,13H,3H2,1-2H3. The maximum Gasteiger partial charge on any atom is 0.272 e. The van der Waals surface area contributed by atoms with Crippen LogP contribution < -0.4 is 5.56 Å². The first-order chi connectivity index (χ1) is 7.61. The van der Waals surface area contributed by atoms with Gasteiger partial charge in [0.15, 0.2) is 5.65 Å². The number of nitrogens with zero attached hydrogens (tertiary/aromatic N) is 3. The third-order valence-electron chi connectivity index (χ3n) is 2.29. The van der Waals surface area contributed by atoms with Crippen LogP contribution >= 0.6 is 0 Å². The van der Waals surface area contributed by atoms with Gasteiger partial charge in [0.25, 0.3) is 5.56 Å². The van der Waals surface area contributed by atoms with E-state index in [9.17, 15) is 4.79 Å². The number of aromatic amines is 1. The van der Waals surface area contributed by atoms with E-state index in [4.69, 9.17) is 5.26 Å². The summed E-state index contributed by atoms with van der Waals surface area (Å²) in [5.74, 6) is 0.429. The van der Waals surface area contributed by atoms with Crippen LogP contribution in [-0.4, -0.2) is 14.6 Å². The van der Waals surface area contributed by atoms with E-state index in [1.54, 1.807) is 0 Å². The van der Waals surface area contributed by atoms with Crippen LogP contribution in [0.4, 0.5) is 0 Å². The topological polar surface area (TPSA) is 73.9 Å². The molecule has 0 aliphatic rings. The number of nitriles is 1. The van der Waals surface area contributed by atoms with Gasteiger partial charge in [0.1, 0.15) is 11.6 Å². The molecule has 16 heavy (non-hydrogen) atoms. The predicted molar refractivity (Wildman–Crippen MR) is 59.1 cm³/mol. The molecule has 0 atom stereocenters. The van der Waals surface area contributed by atoms with Gasteiger partial charge >= 0.3 is 0 Å². The molecule has 5 heteroatoms. The summed E-state index contributed by atoms with van der Waals surface area (Å²) in [6, 6.07) is 3.51. The zero-order valence-corrected chi connectivity index (χ0v) is 9.19. The summed E-state index contributed by atoms with van der Waals surface area (Å²) in [5, 5.41) is 11.6. The van der Waals surface area contributed by atoms with Gasteiger partial charge in [-0.2, -0.15) is 5.26 Å². The minimum Gasteiger partial charge on any atom is -0.295 e. The Morgan fingerprint density at radius 2 is 2.38 bits per heavy atom. The molecule has 0 amide bonds. The number of hydrogen-bond acceptors (Lipinski definition) is 3. The van der Waals surface area contributed by atoms with Crippen molar-refractivity contribution in [3.63, 3.8) is 0 Å². The maximum atomic E-state index is 11.7.